The Labute approximate surface area is 134 Å². The van der Waals surface area contributed by atoms with Crippen LogP contribution in [0.5, 0.6) is 0 Å². The van der Waals surface area contributed by atoms with Gasteiger partial charge in [-0.2, -0.15) is 0 Å². The van der Waals surface area contributed by atoms with Crippen LogP contribution in [0.1, 0.15) is 35.2 Å². The van der Waals surface area contributed by atoms with E-state index in [0.717, 1.165) is 24.1 Å². The molecule has 22 heavy (non-hydrogen) atoms. The maximum Gasteiger partial charge on any atom is 0.180 e. The molecule has 0 radical (unpaired) electrons. The van der Waals surface area contributed by atoms with Crippen molar-refractivity contribution in [2.24, 2.45) is 0 Å². The van der Waals surface area contributed by atoms with Gasteiger partial charge >= 0.3 is 0 Å². The highest BCUT2D eigenvalue weighted by Gasteiger charge is 2.21. The molecule has 3 nitrogen and oxygen atoms in total. The van der Waals surface area contributed by atoms with Crippen LogP contribution in [0.15, 0.2) is 17.5 Å². The molecule has 1 aliphatic rings. The number of nitrogens with two attached hydrogens (primary N) is 1. The lowest BCUT2D eigenvalue weighted by molar-refractivity contribution is 0.672. The maximum absolute atomic E-state index is 5.89. The Hall–Kier alpha value is -1.94. The predicted molar refractivity (Wildman–Crippen MR) is 93.4 cm³/mol. The minimum absolute atomic E-state index is 0.634. The second-order valence-corrected chi connectivity index (χ2v) is 7.06. The number of hydrogen-bond acceptors (Lipinski definition) is 4. The molecule has 0 fully saturated rings. The van der Waals surface area contributed by atoms with Gasteiger partial charge in [0.2, 0.25) is 0 Å². The number of aromatic nitrogens is 2. The smallest absolute Gasteiger partial charge is 0.180 e. The van der Waals surface area contributed by atoms with Gasteiger partial charge in [-0.25, -0.2) is 4.98 Å². The first-order valence-electron chi connectivity index (χ1n) is 7.77. The standard InChI is InChI=1S/C18H19N3S/c1-10-7-11(2)16-14(8-10)20-13-6-4-3-5-12(13)17(16)15-9-22-18(19)21-15/h7-9H,3-6H2,1-2H3,(H2,19,21). The summed E-state index contributed by atoms with van der Waals surface area (Å²) in [6.45, 7) is 4.31. The van der Waals surface area contributed by atoms with Crippen molar-refractivity contribution < 1.29 is 0 Å². The van der Waals surface area contributed by atoms with Crippen molar-refractivity contribution in [3.63, 3.8) is 0 Å². The summed E-state index contributed by atoms with van der Waals surface area (Å²) in [5, 5.41) is 3.96. The van der Waals surface area contributed by atoms with E-state index < -0.39 is 0 Å². The molecule has 1 aromatic carbocycles. The van der Waals surface area contributed by atoms with Crippen LogP contribution in [0.2, 0.25) is 0 Å². The quantitative estimate of drug-likeness (QED) is 0.723. The van der Waals surface area contributed by atoms with E-state index in [-0.39, 0.29) is 0 Å². The van der Waals surface area contributed by atoms with Crippen molar-refractivity contribution >= 4 is 27.4 Å². The number of thiazole rings is 1. The number of nitrogens with zero attached hydrogens (tertiary/aromatic N) is 2. The molecule has 2 N–H and O–H groups in total. The molecule has 0 atom stereocenters. The monoisotopic (exact) mass is 309 g/mol. The first-order valence-corrected chi connectivity index (χ1v) is 8.65. The van der Waals surface area contributed by atoms with Crippen molar-refractivity contribution in [1.82, 2.24) is 9.97 Å². The van der Waals surface area contributed by atoms with Gasteiger partial charge < -0.3 is 5.73 Å². The summed E-state index contributed by atoms with van der Waals surface area (Å²) in [4.78, 5) is 9.55. The Kier molecular flexibility index (Phi) is 3.15. The fraction of sp³-hybridized carbons (Fsp3) is 0.333. The number of aryl methyl sites for hydroxylation is 3. The Bertz CT molecular complexity index is 880. The third-order valence-corrected chi connectivity index (χ3v) is 5.16. The van der Waals surface area contributed by atoms with Gasteiger partial charge in [0.15, 0.2) is 5.13 Å². The number of hydrogen-bond donors (Lipinski definition) is 1. The largest absolute Gasteiger partial charge is 0.375 e. The molecule has 0 spiro atoms. The molecule has 2 aromatic heterocycles. The van der Waals surface area contributed by atoms with Gasteiger partial charge in [-0.1, -0.05) is 6.07 Å². The van der Waals surface area contributed by atoms with Gasteiger partial charge in [-0.3, -0.25) is 4.98 Å². The van der Waals surface area contributed by atoms with E-state index >= 15 is 0 Å². The van der Waals surface area contributed by atoms with E-state index in [1.54, 1.807) is 0 Å². The average Bonchev–Trinajstić information content (AvgIpc) is 2.91. The van der Waals surface area contributed by atoms with E-state index in [1.807, 2.05) is 0 Å². The van der Waals surface area contributed by atoms with Crippen LogP contribution in [0.3, 0.4) is 0 Å². The minimum atomic E-state index is 0.634. The number of fused-ring (bicyclic) bond motifs is 2. The predicted octanol–water partition coefficient (Wildman–Crippen LogP) is 4.44. The number of anilines is 1. The van der Waals surface area contributed by atoms with Crippen LogP contribution in [0, 0.1) is 13.8 Å². The lowest BCUT2D eigenvalue weighted by atomic mass is 9.87. The fourth-order valence-electron chi connectivity index (χ4n) is 3.62. The van der Waals surface area contributed by atoms with Crippen LogP contribution in [-0.4, -0.2) is 9.97 Å². The zero-order chi connectivity index (χ0) is 15.3. The molecule has 3 aromatic rings. The molecule has 0 saturated carbocycles. The number of nitrogen functional groups attached to an aromatic ring is 1. The van der Waals surface area contributed by atoms with E-state index in [9.17, 15) is 0 Å². The highest BCUT2D eigenvalue weighted by atomic mass is 32.1. The van der Waals surface area contributed by atoms with Crippen molar-refractivity contribution in [2.45, 2.75) is 39.5 Å². The van der Waals surface area contributed by atoms with Crippen LogP contribution in [0.25, 0.3) is 22.2 Å². The summed E-state index contributed by atoms with van der Waals surface area (Å²) in [5.74, 6) is 0. The van der Waals surface area contributed by atoms with Crippen LogP contribution < -0.4 is 5.73 Å². The van der Waals surface area contributed by atoms with Gasteiger partial charge in [0.05, 0.1) is 11.2 Å². The molecule has 1 aliphatic carbocycles. The van der Waals surface area contributed by atoms with E-state index in [2.05, 4.69) is 36.3 Å². The molecular formula is C18H19N3S. The fourth-order valence-corrected chi connectivity index (χ4v) is 4.18. The second-order valence-electron chi connectivity index (χ2n) is 6.17. The summed E-state index contributed by atoms with van der Waals surface area (Å²) >= 11 is 1.51. The highest BCUT2D eigenvalue weighted by molar-refractivity contribution is 7.13. The van der Waals surface area contributed by atoms with Gasteiger partial charge in [0.1, 0.15) is 0 Å². The van der Waals surface area contributed by atoms with E-state index in [0.29, 0.717) is 5.13 Å². The SMILES string of the molecule is Cc1cc(C)c2c(-c3csc(N)n3)c3c(nc2c1)CCCC3. The molecule has 0 aliphatic heterocycles. The lowest BCUT2D eigenvalue weighted by Crippen LogP contribution is -2.09. The normalized spacial score (nSPS) is 14.3. The summed E-state index contributed by atoms with van der Waals surface area (Å²) in [6, 6.07) is 4.43. The van der Waals surface area contributed by atoms with Crippen LogP contribution in [0.4, 0.5) is 5.13 Å². The Morgan fingerprint density at radius 3 is 2.68 bits per heavy atom. The Morgan fingerprint density at radius 2 is 1.91 bits per heavy atom. The minimum Gasteiger partial charge on any atom is -0.375 e. The second kappa shape index (κ2) is 5.06. The summed E-state index contributed by atoms with van der Waals surface area (Å²) < 4.78 is 0. The van der Waals surface area contributed by atoms with Gasteiger partial charge in [0, 0.05) is 22.0 Å². The molecule has 0 unspecified atom stereocenters. The van der Waals surface area contributed by atoms with Gasteiger partial charge in [-0.15, -0.1) is 11.3 Å². The van der Waals surface area contributed by atoms with Crippen molar-refractivity contribution in [1.29, 1.82) is 0 Å². The molecule has 0 bridgehead atoms. The Morgan fingerprint density at radius 1 is 1.09 bits per heavy atom. The van der Waals surface area contributed by atoms with Crippen molar-refractivity contribution in [2.75, 3.05) is 5.73 Å². The van der Waals surface area contributed by atoms with Crippen molar-refractivity contribution in [3.8, 4) is 11.3 Å². The molecule has 0 amide bonds. The highest BCUT2D eigenvalue weighted by Crippen LogP contribution is 2.38. The first kappa shape index (κ1) is 13.7. The van der Waals surface area contributed by atoms with E-state index in [1.165, 1.54) is 57.5 Å². The number of rotatable bonds is 1. The summed E-state index contributed by atoms with van der Waals surface area (Å²) in [7, 11) is 0. The zero-order valence-electron chi connectivity index (χ0n) is 12.9. The zero-order valence-corrected chi connectivity index (χ0v) is 13.8. The van der Waals surface area contributed by atoms with Crippen LogP contribution >= 0.6 is 11.3 Å². The first-order chi connectivity index (χ1) is 10.6. The third-order valence-electron chi connectivity index (χ3n) is 4.48. The molecular weight excluding hydrogens is 290 g/mol. The molecule has 4 rings (SSSR count). The topological polar surface area (TPSA) is 51.8 Å². The third kappa shape index (κ3) is 2.10. The van der Waals surface area contributed by atoms with Gasteiger partial charge in [-0.05, 0) is 62.3 Å². The number of benzene rings is 1. The molecule has 112 valence electrons. The molecule has 2 heterocycles. The molecule has 0 saturated heterocycles. The Balaban J connectivity index is 2.14. The summed E-state index contributed by atoms with van der Waals surface area (Å²) in [5.41, 5.74) is 14.4. The lowest BCUT2D eigenvalue weighted by Gasteiger charge is -2.21. The molecule has 4 heteroatoms. The average molecular weight is 309 g/mol. The summed E-state index contributed by atoms with van der Waals surface area (Å²) in [6.07, 6.45) is 4.63. The van der Waals surface area contributed by atoms with E-state index in [4.69, 9.17) is 10.7 Å². The van der Waals surface area contributed by atoms with Gasteiger partial charge in [0.25, 0.3) is 0 Å². The van der Waals surface area contributed by atoms with Crippen molar-refractivity contribution in [3.05, 3.63) is 39.9 Å². The van der Waals surface area contributed by atoms with Crippen LogP contribution in [-0.2, 0) is 12.8 Å². The number of pyridine rings is 1. The maximum atomic E-state index is 5.89.